The van der Waals surface area contributed by atoms with Gasteiger partial charge in [0.25, 0.3) is 5.91 Å². The molecule has 0 saturated heterocycles. The van der Waals surface area contributed by atoms with Gasteiger partial charge >= 0.3 is 0 Å². The fourth-order valence-corrected chi connectivity index (χ4v) is 4.59. The maximum atomic E-state index is 13.3. The summed E-state index contributed by atoms with van der Waals surface area (Å²) in [7, 11) is 0. The molecule has 4 rings (SSSR count). The summed E-state index contributed by atoms with van der Waals surface area (Å²) in [5.41, 5.74) is 1.34. The number of rotatable bonds is 5. The molecule has 0 aliphatic heterocycles. The van der Waals surface area contributed by atoms with Gasteiger partial charge in [0.1, 0.15) is 5.76 Å². The first-order valence-electron chi connectivity index (χ1n) is 8.19. The number of benzene rings is 2. The van der Waals surface area contributed by atoms with E-state index in [0.717, 1.165) is 15.1 Å². The first-order valence-corrected chi connectivity index (χ1v) is 10.6. The standard InChI is InChI=1S/C20H15ClN2O2S2/c1-26-16-9-4-10-17-18(16)22-20(27-17)23(12-13-6-5-11-25-13)19(24)14-7-2-3-8-15(14)21/h2-11H,12H2,1H3. The average molecular weight is 415 g/mol. The van der Waals surface area contributed by atoms with E-state index in [1.54, 1.807) is 53.3 Å². The van der Waals surface area contributed by atoms with Crippen LogP contribution in [0.4, 0.5) is 5.13 Å². The molecule has 2 aromatic carbocycles. The van der Waals surface area contributed by atoms with Gasteiger partial charge in [0.2, 0.25) is 0 Å². The minimum Gasteiger partial charge on any atom is -0.467 e. The van der Waals surface area contributed by atoms with Crippen molar-refractivity contribution < 1.29 is 9.21 Å². The molecular weight excluding hydrogens is 400 g/mol. The molecule has 4 nitrogen and oxygen atoms in total. The van der Waals surface area contributed by atoms with Gasteiger partial charge in [0.05, 0.1) is 33.6 Å². The van der Waals surface area contributed by atoms with Crippen LogP contribution in [0, 0.1) is 0 Å². The van der Waals surface area contributed by atoms with Crippen molar-refractivity contribution in [3.63, 3.8) is 0 Å². The quantitative estimate of drug-likeness (QED) is 0.369. The van der Waals surface area contributed by atoms with Gasteiger partial charge in [0.15, 0.2) is 5.13 Å². The Hall–Kier alpha value is -2.28. The van der Waals surface area contributed by atoms with Crippen molar-refractivity contribution in [1.82, 2.24) is 4.98 Å². The van der Waals surface area contributed by atoms with Crippen LogP contribution in [0.15, 0.2) is 70.2 Å². The van der Waals surface area contributed by atoms with Crippen molar-refractivity contribution in [2.75, 3.05) is 11.2 Å². The number of hydrogen-bond acceptors (Lipinski definition) is 5. The van der Waals surface area contributed by atoms with Gasteiger partial charge < -0.3 is 4.42 Å². The van der Waals surface area contributed by atoms with Crippen molar-refractivity contribution in [2.24, 2.45) is 0 Å². The number of anilines is 1. The number of para-hydroxylation sites is 1. The van der Waals surface area contributed by atoms with Gasteiger partial charge in [-0.15, -0.1) is 11.8 Å². The first-order chi connectivity index (χ1) is 13.2. The summed E-state index contributed by atoms with van der Waals surface area (Å²) in [6.45, 7) is 0.283. The highest BCUT2D eigenvalue weighted by atomic mass is 35.5. The van der Waals surface area contributed by atoms with E-state index in [9.17, 15) is 4.79 Å². The van der Waals surface area contributed by atoms with Crippen LogP contribution in [0.25, 0.3) is 10.2 Å². The van der Waals surface area contributed by atoms with Crippen LogP contribution in [0.2, 0.25) is 5.02 Å². The fourth-order valence-electron chi connectivity index (χ4n) is 2.76. The summed E-state index contributed by atoms with van der Waals surface area (Å²) < 4.78 is 6.50. The molecule has 0 aliphatic rings. The Kier molecular flexibility index (Phi) is 5.20. The molecule has 0 saturated carbocycles. The molecule has 0 bridgehead atoms. The Labute approximate surface area is 169 Å². The van der Waals surface area contributed by atoms with Crippen molar-refractivity contribution in [3.8, 4) is 0 Å². The van der Waals surface area contributed by atoms with Crippen LogP contribution in [-0.2, 0) is 6.54 Å². The third kappa shape index (κ3) is 3.60. The van der Waals surface area contributed by atoms with E-state index in [4.69, 9.17) is 21.0 Å². The normalized spacial score (nSPS) is 11.0. The van der Waals surface area contributed by atoms with Crippen molar-refractivity contribution in [3.05, 3.63) is 77.2 Å². The molecule has 2 aromatic heterocycles. The number of thiazole rings is 1. The third-order valence-electron chi connectivity index (χ3n) is 4.06. The number of aromatic nitrogens is 1. The predicted octanol–water partition coefficient (Wildman–Crippen LogP) is 6.11. The highest BCUT2D eigenvalue weighted by molar-refractivity contribution is 7.98. The second-order valence-electron chi connectivity index (χ2n) is 5.75. The van der Waals surface area contributed by atoms with E-state index in [0.29, 0.717) is 21.5 Å². The van der Waals surface area contributed by atoms with Gasteiger partial charge in [-0.3, -0.25) is 9.69 Å². The second kappa shape index (κ2) is 7.76. The smallest absolute Gasteiger partial charge is 0.262 e. The van der Waals surface area contributed by atoms with E-state index in [1.165, 1.54) is 11.3 Å². The molecule has 4 aromatic rings. The summed E-state index contributed by atoms with van der Waals surface area (Å²) >= 11 is 9.39. The molecular formula is C20H15ClN2O2S2. The number of thioether (sulfide) groups is 1. The number of hydrogen-bond donors (Lipinski definition) is 0. The number of fused-ring (bicyclic) bond motifs is 1. The van der Waals surface area contributed by atoms with E-state index in [-0.39, 0.29) is 12.5 Å². The molecule has 2 heterocycles. The van der Waals surface area contributed by atoms with Crippen LogP contribution < -0.4 is 4.90 Å². The summed E-state index contributed by atoms with van der Waals surface area (Å²) in [5.74, 6) is 0.474. The zero-order chi connectivity index (χ0) is 18.8. The molecule has 0 unspecified atom stereocenters. The number of furan rings is 1. The zero-order valence-electron chi connectivity index (χ0n) is 14.4. The number of halogens is 1. The van der Waals surface area contributed by atoms with Crippen LogP contribution in [0.5, 0.6) is 0 Å². The Bertz CT molecular complexity index is 1090. The van der Waals surface area contributed by atoms with Crippen molar-refractivity contribution in [2.45, 2.75) is 11.4 Å². The van der Waals surface area contributed by atoms with Crippen molar-refractivity contribution >= 4 is 56.0 Å². The van der Waals surface area contributed by atoms with Gasteiger partial charge in [-0.25, -0.2) is 4.98 Å². The second-order valence-corrected chi connectivity index (χ2v) is 8.02. The summed E-state index contributed by atoms with van der Waals surface area (Å²) in [6, 6.07) is 16.7. The van der Waals surface area contributed by atoms with E-state index < -0.39 is 0 Å². The number of carbonyl (C=O) groups is 1. The van der Waals surface area contributed by atoms with Gasteiger partial charge in [-0.05, 0) is 42.7 Å². The topological polar surface area (TPSA) is 46.3 Å². The highest BCUT2D eigenvalue weighted by Crippen LogP contribution is 2.35. The Balaban J connectivity index is 1.81. The van der Waals surface area contributed by atoms with Crippen LogP contribution in [0.1, 0.15) is 16.1 Å². The van der Waals surface area contributed by atoms with Gasteiger partial charge in [-0.1, -0.05) is 41.1 Å². The molecule has 0 aliphatic carbocycles. The number of amides is 1. The molecule has 7 heteroatoms. The molecule has 1 amide bonds. The molecule has 0 fully saturated rings. The lowest BCUT2D eigenvalue weighted by Crippen LogP contribution is -2.30. The maximum absolute atomic E-state index is 13.3. The van der Waals surface area contributed by atoms with Crippen LogP contribution in [-0.4, -0.2) is 17.1 Å². The maximum Gasteiger partial charge on any atom is 0.262 e. The van der Waals surface area contributed by atoms with Crippen LogP contribution >= 0.6 is 34.7 Å². The van der Waals surface area contributed by atoms with E-state index in [2.05, 4.69) is 0 Å². The fraction of sp³-hybridized carbons (Fsp3) is 0.100. The zero-order valence-corrected chi connectivity index (χ0v) is 16.8. The van der Waals surface area contributed by atoms with Gasteiger partial charge in [0, 0.05) is 4.90 Å². The van der Waals surface area contributed by atoms with Crippen molar-refractivity contribution in [1.29, 1.82) is 0 Å². The highest BCUT2D eigenvalue weighted by Gasteiger charge is 2.24. The number of nitrogens with zero attached hydrogens (tertiary/aromatic N) is 2. The lowest BCUT2D eigenvalue weighted by molar-refractivity contribution is 0.0983. The monoisotopic (exact) mass is 414 g/mol. The minimum atomic E-state index is -0.207. The lowest BCUT2D eigenvalue weighted by Gasteiger charge is -2.19. The lowest BCUT2D eigenvalue weighted by atomic mass is 10.2. The summed E-state index contributed by atoms with van der Waals surface area (Å²) in [4.78, 5) is 20.7. The molecule has 0 N–H and O–H groups in total. The minimum absolute atomic E-state index is 0.207. The Morgan fingerprint density at radius 2 is 2.04 bits per heavy atom. The molecule has 136 valence electrons. The van der Waals surface area contributed by atoms with E-state index >= 15 is 0 Å². The van der Waals surface area contributed by atoms with Gasteiger partial charge in [-0.2, -0.15) is 0 Å². The molecule has 27 heavy (non-hydrogen) atoms. The number of carbonyl (C=O) groups excluding carboxylic acids is 1. The predicted molar refractivity (Wildman–Crippen MR) is 112 cm³/mol. The van der Waals surface area contributed by atoms with E-state index in [1.807, 2.05) is 30.5 Å². The largest absolute Gasteiger partial charge is 0.467 e. The summed E-state index contributed by atoms with van der Waals surface area (Å²) in [5, 5.41) is 1.03. The summed E-state index contributed by atoms with van der Waals surface area (Å²) in [6.07, 6.45) is 3.61. The molecule has 0 spiro atoms. The first kappa shape index (κ1) is 18.1. The average Bonchev–Trinajstić information content (AvgIpc) is 3.35. The SMILES string of the molecule is CSc1cccc2sc(N(Cc3ccco3)C(=O)c3ccccc3Cl)nc12. The Morgan fingerprint density at radius 3 is 2.78 bits per heavy atom. The third-order valence-corrected chi connectivity index (χ3v) is 6.21. The molecule has 0 radical (unpaired) electrons. The van der Waals surface area contributed by atoms with Crippen LogP contribution in [0.3, 0.4) is 0 Å². The molecule has 0 atom stereocenters. The Morgan fingerprint density at radius 1 is 1.19 bits per heavy atom.